The third-order valence-corrected chi connectivity index (χ3v) is 6.58. The van der Waals surface area contributed by atoms with Gasteiger partial charge in [0.15, 0.2) is 5.70 Å². The number of ketones is 1. The fourth-order valence-corrected chi connectivity index (χ4v) is 4.37. The number of quaternary nitrogens is 1. The molecule has 0 saturated carbocycles. The predicted octanol–water partition coefficient (Wildman–Crippen LogP) is 3.21. The Balaban J connectivity index is 0.000000532. The molecule has 4 rings (SSSR count). The molecule has 206 valence electrons. The van der Waals surface area contributed by atoms with Crippen molar-refractivity contribution in [3.8, 4) is 0 Å². The molecule has 2 heterocycles. The van der Waals surface area contributed by atoms with Crippen LogP contribution in [0.15, 0.2) is 65.4 Å². The van der Waals surface area contributed by atoms with Crippen molar-refractivity contribution in [1.82, 2.24) is 10.3 Å². The number of unbranched alkanes of at least 4 members (excludes halogenated alkanes) is 2. The number of rotatable bonds is 10. The number of benzene rings is 2. The van der Waals surface area contributed by atoms with E-state index in [1.54, 1.807) is 18.6 Å². The number of nitrogens with one attached hydrogen (secondary N) is 1. The van der Waals surface area contributed by atoms with Gasteiger partial charge < -0.3 is 20.0 Å². The van der Waals surface area contributed by atoms with E-state index in [0.717, 1.165) is 42.8 Å². The topological polar surface area (TPSA) is 128 Å². The van der Waals surface area contributed by atoms with Crippen molar-refractivity contribution in [3.63, 3.8) is 0 Å². The Morgan fingerprint density at radius 2 is 1.79 bits per heavy atom. The third kappa shape index (κ3) is 9.11. The van der Waals surface area contributed by atoms with E-state index in [4.69, 9.17) is 9.90 Å². The van der Waals surface area contributed by atoms with Gasteiger partial charge in [-0.3, -0.25) is 15.1 Å². The van der Waals surface area contributed by atoms with Gasteiger partial charge in [0, 0.05) is 12.0 Å². The summed E-state index contributed by atoms with van der Waals surface area (Å²) in [6.45, 7) is 1.63. The van der Waals surface area contributed by atoms with Gasteiger partial charge in [0.2, 0.25) is 5.84 Å². The van der Waals surface area contributed by atoms with Crippen molar-refractivity contribution in [2.24, 2.45) is 4.99 Å². The molecular weight excluding hydrogens is 533 g/mol. The average Bonchev–Trinajstić information content (AvgIpc) is 3.60. The van der Waals surface area contributed by atoms with Crippen molar-refractivity contribution in [3.05, 3.63) is 70.8 Å². The summed E-state index contributed by atoms with van der Waals surface area (Å²) in [4.78, 5) is 41.9. The summed E-state index contributed by atoms with van der Waals surface area (Å²) in [5.74, 6) is -2.06. The zero-order valence-electron chi connectivity index (χ0n) is 21.0. The van der Waals surface area contributed by atoms with Crippen LogP contribution in [0.5, 0.6) is 0 Å². The molecule has 3 N–H and O–H groups in total. The first-order valence-corrected chi connectivity index (χ1v) is 13.0. The minimum atomic E-state index is -5.19. The number of halogens is 3. The lowest BCUT2D eigenvalue weighted by Gasteiger charge is -2.16. The number of aliphatic carboxylic acids is 1. The van der Waals surface area contributed by atoms with E-state index < -0.39 is 12.1 Å². The van der Waals surface area contributed by atoms with Crippen molar-refractivity contribution in [2.75, 3.05) is 0 Å². The van der Waals surface area contributed by atoms with Crippen LogP contribution in [0, 0.1) is 0 Å². The molecule has 0 spiro atoms. The number of carboxylic acids is 1. The number of amidine groups is 1. The molecule has 39 heavy (non-hydrogen) atoms. The summed E-state index contributed by atoms with van der Waals surface area (Å²) < 4.78 is 31.5. The highest BCUT2D eigenvalue weighted by atomic mass is 32.1. The van der Waals surface area contributed by atoms with E-state index in [9.17, 15) is 22.8 Å². The van der Waals surface area contributed by atoms with Crippen molar-refractivity contribution < 1.29 is 38.0 Å². The largest absolute Gasteiger partial charge is 0.542 e. The first-order valence-electron chi connectivity index (χ1n) is 12.1. The summed E-state index contributed by atoms with van der Waals surface area (Å²) in [7, 11) is 0. The van der Waals surface area contributed by atoms with Crippen LogP contribution in [-0.2, 0) is 9.59 Å². The van der Waals surface area contributed by atoms with E-state index in [0.29, 0.717) is 11.3 Å². The van der Waals surface area contributed by atoms with Gasteiger partial charge in [0.1, 0.15) is 22.7 Å². The van der Waals surface area contributed by atoms with Crippen LogP contribution < -0.4 is 15.7 Å². The normalized spacial score (nSPS) is 13.6. The summed E-state index contributed by atoms with van der Waals surface area (Å²) in [5.41, 5.74) is 3.81. The van der Waals surface area contributed by atoms with E-state index in [-0.39, 0.29) is 17.7 Å². The second-order valence-electron chi connectivity index (χ2n) is 8.82. The number of aromatic nitrogens is 1. The fourth-order valence-electron chi connectivity index (χ4n) is 3.85. The van der Waals surface area contributed by atoms with E-state index in [1.807, 2.05) is 18.3 Å². The molecule has 0 aliphatic carbocycles. The highest BCUT2D eigenvalue weighted by Crippen LogP contribution is 2.20. The molecule has 0 radical (unpaired) electrons. The Morgan fingerprint density at radius 1 is 1.08 bits per heavy atom. The van der Waals surface area contributed by atoms with Crippen LogP contribution in [-0.4, -0.2) is 40.7 Å². The minimum absolute atomic E-state index is 0.128. The number of alkyl halides is 3. The molecule has 12 heteroatoms. The van der Waals surface area contributed by atoms with Gasteiger partial charge >= 0.3 is 6.18 Å². The van der Waals surface area contributed by atoms with Crippen molar-refractivity contribution in [2.45, 2.75) is 51.2 Å². The molecule has 0 saturated heterocycles. The molecule has 1 aliphatic heterocycles. The smallest absolute Gasteiger partial charge is 0.430 e. The number of aliphatic imine (C=N–C) groups is 1. The zero-order chi connectivity index (χ0) is 28.4. The number of thiazole rings is 1. The first kappa shape index (κ1) is 29.7. The number of carboxylic acid groups (broad SMARTS) is 1. The SMILES string of the molecule is CC(=O)CCCCC[C@H](NC(=O)c1cncs1)C1=NC=C(c2ccc3ccccc3c2)[NH2+]1.O=C([O-])C(F)(F)F. The van der Waals surface area contributed by atoms with E-state index in [1.165, 1.54) is 22.1 Å². The van der Waals surface area contributed by atoms with Crippen LogP contribution in [0.4, 0.5) is 13.2 Å². The number of nitrogens with two attached hydrogens (primary N) is 1. The lowest BCUT2D eigenvalue weighted by atomic mass is 10.0. The van der Waals surface area contributed by atoms with Gasteiger partial charge in [-0.05, 0) is 42.7 Å². The Kier molecular flexibility index (Phi) is 10.5. The third-order valence-electron chi connectivity index (χ3n) is 5.81. The lowest BCUT2D eigenvalue weighted by molar-refractivity contribution is -0.434. The molecule has 0 bridgehead atoms. The van der Waals surface area contributed by atoms with Crippen LogP contribution >= 0.6 is 11.3 Å². The van der Waals surface area contributed by atoms with Gasteiger partial charge in [-0.15, -0.1) is 11.3 Å². The molecule has 3 aromatic rings. The Bertz CT molecular complexity index is 1370. The number of nitrogens with zero attached hydrogens (tertiary/aromatic N) is 2. The van der Waals surface area contributed by atoms with Crippen LogP contribution in [0.1, 0.15) is 54.3 Å². The van der Waals surface area contributed by atoms with Gasteiger partial charge in [-0.2, -0.15) is 13.2 Å². The molecular formula is C27H27F3N4O4S. The fraction of sp³-hybridized carbons (Fsp3) is 0.296. The van der Waals surface area contributed by atoms with Gasteiger partial charge in [-0.1, -0.05) is 43.2 Å². The van der Waals surface area contributed by atoms with E-state index >= 15 is 0 Å². The van der Waals surface area contributed by atoms with Gasteiger partial charge in [-0.25, -0.2) is 4.99 Å². The van der Waals surface area contributed by atoms with Crippen LogP contribution in [0.2, 0.25) is 0 Å². The highest BCUT2D eigenvalue weighted by Gasteiger charge is 2.29. The molecule has 0 unspecified atom stereocenters. The zero-order valence-corrected chi connectivity index (χ0v) is 21.8. The number of hydrogen-bond donors (Lipinski definition) is 2. The number of carbonyl (C=O) groups is 3. The molecule has 2 aromatic carbocycles. The quantitative estimate of drug-likeness (QED) is 0.368. The average molecular weight is 561 g/mol. The maximum atomic E-state index is 12.7. The predicted molar refractivity (Wildman–Crippen MR) is 139 cm³/mol. The summed E-state index contributed by atoms with van der Waals surface area (Å²) in [6.07, 6.45) is 2.39. The number of fused-ring (bicyclic) bond motifs is 1. The summed E-state index contributed by atoms with van der Waals surface area (Å²) >= 11 is 1.33. The van der Waals surface area contributed by atoms with Crippen molar-refractivity contribution >= 4 is 51.3 Å². The maximum absolute atomic E-state index is 12.7. The molecule has 8 nitrogen and oxygen atoms in total. The molecule has 1 aliphatic rings. The lowest BCUT2D eigenvalue weighted by Crippen LogP contribution is -2.87. The Morgan fingerprint density at radius 3 is 2.44 bits per heavy atom. The minimum Gasteiger partial charge on any atom is -0.542 e. The van der Waals surface area contributed by atoms with Crippen LogP contribution in [0.25, 0.3) is 16.5 Å². The van der Waals surface area contributed by atoms with Gasteiger partial charge in [0.25, 0.3) is 5.91 Å². The maximum Gasteiger partial charge on any atom is 0.430 e. The number of amides is 1. The van der Waals surface area contributed by atoms with Crippen LogP contribution in [0.3, 0.4) is 0 Å². The molecule has 0 fully saturated rings. The monoisotopic (exact) mass is 560 g/mol. The number of hydrogen-bond acceptors (Lipinski definition) is 7. The number of carbonyl (C=O) groups excluding carboxylic acids is 3. The Labute approximate surface area is 226 Å². The molecule has 1 amide bonds. The second kappa shape index (κ2) is 13.8. The van der Waals surface area contributed by atoms with E-state index in [2.05, 4.69) is 50.9 Å². The van der Waals surface area contributed by atoms with Crippen molar-refractivity contribution in [1.29, 1.82) is 0 Å². The summed E-state index contributed by atoms with van der Waals surface area (Å²) in [5, 5.41) is 16.4. The Hall–Kier alpha value is -3.90. The number of Topliss-reactive ketones (excluding diaryl/α,β-unsaturated/α-hetero) is 1. The first-order chi connectivity index (χ1) is 18.5. The molecule has 1 atom stereocenters. The van der Waals surface area contributed by atoms with Gasteiger partial charge in [0.05, 0.1) is 17.9 Å². The standard InChI is InChI=1S/C25H26N4O2S.C2HF3O2/c1-17(30)7-3-2-4-10-21(29-25(31)23-15-26-16-32-23)24-27-14-22(28-24)20-12-11-18-8-5-6-9-19(18)13-20;3-2(4,5)1(6)7/h5-6,8-9,11-16,21H,2-4,7,10H2,1H3,(H,27,28)(H,29,31);(H,6,7)/t21-;/m0./s1. The highest BCUT2D eigenvalue weighted by molar-refractivity contribution is 7.11. The second-order valence-corrected chi connectivity index (χ2v) is 9.71. The summed E-state index contributed by atoms with van der Waals surface area (Å²) in [6, 6.07) is 14.5. The molecule has 1 aromatic heterocycles.